The third-order valence-corrected chi connectivity index (χ3v) is 2.60. The number of carbonyl (C=O) groups is 2. The summed E-state index contributed by atoms with van der Waals surface area (Å²) in [5.74, 6) is 0.280. The highest BCUT2D eigenvalue weighted by molar-refractivity contribution is 5.74. The summed E-state index contributed by atoms with van der Waals surface area (Å²) in [6.07, 6.45) is 1.78. The van der Waals surface area contributed by atoms with Crippen molar-refractivity contribution in [3.8, 4) is 0 Å². The predicted molar refractivity (Wildman–Crippen MR) is 53.7 cm³/mol. The quantitative estimate of drug-likeness (QED) is 0.568. The van der Waals surface area contributed by atoms with Crippen LogP contribution in [0, 0.1) is 0 Å². The summed E-state index contributed by atoms with van der Waals surface area (Å²) >= 11 is 0. The predicted octanol–water partition coefficient (Wildman–Crippen LogP) is 0.477. The van der Waals surface area contributed by atoms with E-state index in [0.717, 1.165) is 39.0 Å². The van der Waals surface area contributed by atoms with E-state index in [-0.39, 0.29) is 11.8 Å². The lowest BCUT2D eigenvalue weighted by atomic mass is 10.2. The molecule has 0 radical (unpaired) electrons. The Morgan fingerprint density at radius 1 is 0.786 bits per heavy atom. The van der Waals surface area contributed by atoms with Gasteiger partial charge in [0.15, 0.2) is 0 Å². The largest absolute Gasteiger partial charge is 0.343 e. The van der Waals surface area contributed by atoms with Crippen molar-refractivity contribution in [2.24, 2.45) is 0 Å². The number of nitrogens with zero attached hydrogens (tertiary/aromatic N) is 2. The Bertz CT molecular complexity index is 196. The Morgan fingerprint density at radius 2 is 1.07 bits per heavy atom. The highest BCUT2D eigenvalue weighted by atomic mass is 16.2. The lowest BCUT2D eigenvalue weighted by Gasteiger charge is -2.29. The molecule has 1 aliphatic heterocycles. The second-order valence-electron chi connectivity index (χ2n) is 3.72. The van der Waals surface area contributed by atoms with Crippen LogP contribution < -0.4 is 0 Å². The third-order valence-electron chi connectivity index (χ3n) is 2.60. The molecule has 0 saturated carbocycles. The maximum Gasteiger partial charge on any atom is 0.219 e. The summed E-state index contributed by atoms with van der Waals surface area (Å²) in [5.41, 5.74) is 0. The van der Waals surface area contributed by atoms with E-state index in [2.05, 4.69) is 0 Å². The second kappa shape index (κ2) is 4.98. The van der Waals surface area contributed by atoms with Crippen LogP contribution in [-0.2, 0) is 9.59 Å². The first-order valence-corrected chi connectivity index (χ1v) is 5.12. The summed E-state index contributed by atoms with van der Waals surface area (Å²) in [5, 5.41) is 0. The fourth-order valence-corrected chi connectivity index (χ4v) is 1.76. The lowest BCUT2D eigenvalue weighted by molar-refractivity contribution is -0.131. The van der Waals surface area contributed by atoms with Gasteiger partial charge in [-0.05, 0) is 12.8 Å². The normalized spacial score (nSPS) is 18.7. The number of amides is 2. The summed E-state index contributed by atoms with van der Waals surface area (Å²) in [6, 6.07) is 0. The zero-order valence-electron chi connectivity index (χ0n) is 8.95. The van der Waals surface area contributed by atoms with Crippen molar-refractivity contribution in [3.63, 3.8) is 0 Å². The number of hydrogen-bond acceptors (Lipinski definition) is 2. The first-order valence-electron chi connectivity index (χ1n) is 5.12. The van der Waals surface area contributed by atoms with E-state index in [0.29, 0.717) is 0 Å². The average Bonchev–Trinajstić information content (AvgIpc) is 2.01. The fourth-order valence-electron chi connectivity index (χ4n) is 1.76. The SMILES string of the molecule is CC(=O)N1CCCN(C(C)=O)CCC1. The Labute approximate surface area is 84.9 Å². The van der Waals surface area contributed by atoms with Crippen LogP contribution in [0.2, 0.25) is 0 Å². The molecule has 1 rings (SSSR count). The molecule has 1 heterocycles. The highest BCUT2D eigenvalue weighted by Gasteiger charge is 2.15. The molecule has 14 heavy (non-hydrogen) atoms. The van der Waals surface area contributed by atoms with E-state index >= 15 is 0 Å². The molecular weight excluding hydrogens is 180 g/mol. The van der Waals surface area contributed by atoms with Gasteiger partial charge in [-0.3, -0.25) is 9.59 Å². The van der Waals surface area contributed by atoms with Crippen LogP contribution in [-0.4, -0.2) is 47.8 Å². The van der Waals surface area contributed by atoms with Crippen LogP contribution >= 0.6 is 0 Å². The second-order valence-corrected chi connectivity index (χ2v) is 3.72. The molecule has 80 valence electrons. The molecule has 0 aromatic rings. The van der Waals surface area contributed by atoms with Gasteiger partial charge in [0.1, 0.15) is 0 Å². The van der Waals surface area contributed by atoms with E-state index in [4.69, 9.17) is 0 Å². The molecule has 1 fully saturated rings. The van der Waals surface area contributed by atoms with Gasteiger partial charge in [0.25, 0.3) is 0 Å². The molecule has 4 nitrogen and oxygen atoms in total. The molecule has 0 aromatic heterocycles. The Hall–Kier alpha value is -1.06. The van der Waals surface area contributed by atoms with Gasteiger partial charge in [-0.2, -0.15) is 0 Å². The van der Waals surface area contributed by atoms with Gasteiger partial charge in [0.05, 0.1) is 0 Å². The van der Waals surface area contributed by atoms with E-state index < -0.39 is 0 Å². The van der Waals surface area contributed by atoms with E-state index in [1.165, 1.54) is 0 Å². The number of hydrogen-bond donors (Lipinski definition) is 0. The molecule has 0 N–H and O–H groups in total. The van der Waals surface area contributed by atoms with Crippen molar-refractivity contribution in [1.82, 2.24) is 9.80 Å². The van der Waals surface area contributed by atoms with Crippen molar-refractivity contribution < 1.29 is 9.59 Å². The van der Waals surface area contributed by atoms with E-state index in [9.17, 15) is 9.59 Å². The molecule has 1 aliphatic rings. The minimum absolute atomic E-state index is 0.140. The van der Waals surface area contributed by atoms with Crippen molar-refractivity contribution in [1.29, 1.82) is 0 Å². The maximum atomic E-state index is 11.1. The maximum absolute atomic E-state index is 11.1. The third kappa shape index (κ3) is 3.01. The van der Waals surface area contributed by atoms with Gasteiger partial charge in [-0.15, -0.1) is 0 Å². The van der Waals surface area contributed by atoms with Gasteiger partial charge in [0, 0.05) is 40.0 Å². The Morgan fingerprint density at radius 3 is 1.29 bits per heavy atom. The molecule has 0 unspecified atom stereocenters. The molecule has 1 saturated heterocycles. The molecule has 0 spiro atoms. The van der Waals surface area contributed by atoms with Gasteiger partial charge in [-0.25, -0.2) is 0 Å². The van der Waals surface area contributed by atoms with Crippen molar-refractivity contribution >= 4 is 11.8 Å². The van der Waals surface area contributed by atoms with Gasteiger partial charge < -0.3 is 9.80 Å². The Balaban J connectivity index is 2.43. The average molecular weight is 198 g/mol. The smallest absolute Gasteiger partial charge is 0.219 e. The Kier molecular flexibility index (Phi) is 3.92. The first kappa shape index (κ1) is 11.0. The van der Waals surface area contributed by atoms with Crippen LogP contribution in [0.4, 0.5) is 0 Å². The minimum atomic E-state index is 0.140. The fraction of sp³-hybridized carbons (Fsp3) is 0.800. The molecule has 4 heteroatoms. The van der Waals surface area contributed by atoms with Crippen molar-refractivity contribution in [2.45, 2.75) is 26.7 Å². The number of carbonyl (C=O) groups excluding carboxylic acids is 2. The van der Waals surface area contributed by atoms with Crippen molar-refractivity contribution in [2.75, 3.05) is 26.2 Å². The van der Waals surface area contributed by atoms with E-state index in [1.807, 2.05) is 9.80 Å². The number of rotatable bonds is 0. The lowest BCUT2D eigenvalue weighted by Crippen LogP contribution is -2.40. The summed E-state index contributed by atoms with van der Waals surface area (Å²) in [7, 11) is 0. The molecule has 0 aromatic carbocycles. The molecule has 0 aliphatic carbocycles. The topological polar surface area (TPSA) is 40.6 Å². The van der Waals surface area contributed by atoms with Gasteiger partial charge >= 0.3 is 0 Å². The molecule has 0 bridgehead atoms. The van der Waals surface area contributed by atoms with Gasteiger partial charge in [0.2, 0.25) is 11.8 Å². The first-order chi connectivity index (χ1) is 6.61. The van der Waals surface area contributed by atoms with Crippen LogP contribution in [0.25, 0.3) is 0 Å². The highest BCUT2D eigenvalue weighted by Crippen LogP contribution is 2.04. The zero-order valence-corrected chi connectivity index (χ0v) is 8.95. The summed E-state index contributed by atoms with van der Waals surface area (Å²) < 4.78 is 0. The van der Waals surface area contributed by atoms with Crippen LogP contribution in [0.1, 0.15) is 26.7 Å². The van der Waals surface area contributed by atoms with Crippen LogP contribution in [0.15, 0.2) is 0 Å². The van der Waals surface area contributed by atoms with Crippen LogP contribution in [0.3, 0.4) is 0 Å². The standard InChI is InChI=1S/C10H18N2O2/c1-9(13)11-5-3-7-12(10(2)14)8-4-6-11/h3-8H2,1-2H3. The minimum Gasteiger partial charge on any atom is -0.343 e. The molecule has 2 amide bonds. The van der Waals surface area contributed by atoms with Gasteiger partial charge in [-0.1, -0.05) is 0 Å². The van der Waals surface area contributed by atoms with Crippen molar-refractivity contribution in [3.05, 3.63) is 0 Å². The summed E-state index contributed by atoms with van der Waals surface area (Å²) in [4.78, 5) is 26.0. The molecule has 0 atom stereocenters. The molecular formula is C10H18N2O2. The zero-order chi connectivity index (χ0) is 10.6. The van der Waals surface area contributed by atoms with Crippen LogP contribution in [0.5, 0.6) is 0 Å². The van der Waals surface area contributed by atoms with E-state index in [1.54, 1.807) is 13.8 Å². The summed E-state index contributed by atoms with van der Waals surface area (Å²) in [6.45, 7) is 6.31. The monoisotopic (exact) mass is 198 g/mol.